The molecule has 0 radical (unpaired) electrons. The molecule has 4 rings (SSSR count). The van der Waals surface area contributed by atoms with Crippen LogP contribution in [0.25, 0.3) is 11.0 Å². The first-order valence-corrected chi connectivity index (χ1v) is 20.3. The van der Waals surface area contributed by atoms with Crippen LogP contribution in [-0.2, 0) is 21.5 Å². The van der Waals surface area contributed by atoms with Crippen LogP contribution in [0.1, 0.15) is 44.1 Å². The minimum atomic E-state index is -3.23. The molecule has 40 heavy (non-hydrogen) atoms. The second kappa shape index (κ2) is 12.3. The summed E-state index contributed by atoms with van der Waals surface area (Å²) in [5.74, 6) is 0.896. The van der Waals surface area contributed by atoms with Gasteiger partial charge in [0, 0.05) is 68.7 Å². The van der Waals surface area contributed by atoms with Crippen LogP contribution in [0.15, 0.2) is 16.9 Å². The Labute approximate surface area is 247 Å². The Bertz CT molecular complexity index is 1310. The summed E-state index contributed by atoms with van der Waals surface area (Å²) in [6, 6.07) is 1.09. The predicted molar refractivity (Wildman–Crippen MR) is 162 cm³/mol. The number of halogens is 1. The van der Waals surface area contributed by atoms with Crippen molar-refractivity contribution < 1.29 is 27.8 Å². The number of carboxylic acid groups (broad SMARTS) is 1. The van der Waals surface area contributed by atoms with Crippen molar-refractivity contribution in [3.63, 3.8) is 0 Å². The van der Waals surface area contributed by atoms with Crippen molar-refractivity contribution in [1.29, 1.82) is 0 Å². The summed E-state index contributed by atoms with van der Waals surface area (Å²) in [7, 11) is -4.42. The number of ether oxygens (including phenoxy) is 2. The molecular weight excluding hydrogens is 616 g/mol. The zero-order valence-corrected chi connectivity index (χ0v) is 27.7. The molecule has 1 N–H and O–H groups in total. The van der Waals surface area contributed by atoms with Crippen molar-refractivity contribution in [2.24, 2.45) is 5.41 Å². The minimum Gasteiger partial charge on any atom is -0.492 e. The number of rotatable bonds is 10. The van der Waals surface area contributed by atoms with E-state index in [1.54, 1.807) is 0 Å². The zero-order valence-electron chi connectivity index (χ0n) is 24.3. The molecule has 2 aliphatic heterocycles. The SMILES string of the molecule is CC1(COc2c(C3CCN(S(C)(=O)=O)CC3)cnc3c2c(Br)cn3COCC[Si](C)(C)C)CCN(C(=O)O)CC1. The van der Waals surface area contributed by atoms with Gasteiger partial charge in [0.25, 0.3) is 0 Å². The molecule has 0 atom stereocenters. The number of hydrogen-bond donors (Lipinski definition) is 1. The molecule has 2 aromatic heterocycles. The standard InChI is InChI=1S/C27H43BrN4O6SSi/c1-27(8-12-30(13-9-27)26(33)34)18-38-24-21(20-6-10-32(11-7-20)39(2,35)36)16-29-25-23(24)22(28)17-31(25)19-37-14-15-40(3,4)5/h16-17,20H,6-15,18-19H2,1-5H3,(H,33,34). The van der Waals surface area contributed by atoms with Gasteiger partial charge in [-0.3, -0.25) is 0 Å². The third-order valence-corrected chi connectivity index (χ3v) is 11.8. The smallest absolute Gasteiger partial charge is 0.407 e. The molecule has 2 fully saturated rings. The van der Waals surface area contributed by atoms with Gasteiger partial charge in [-0.25, -0.2) is 22.5 Å². The van der Waals surface area contributed by atoms with Gasteiger partial charge >= 0.3 is 6.09 Å². The van der Waals surface area contributed by atoms with Crippen molar-refractivity contribution in [2.45, 2.75) is 70.9 Å². The van der Waals surface area contributed by atoms with Crippen LogP contribution < -0.4 is 4.74 Å². The number of pyridine rings is 1. The fourth-order valence-electron chi connectivity index (χ4n) is 5.41. The van der Waals surface area contributed by atoms with Gasteiger partial charge in [-0.05, 0) is 53.6 Å². The lowest BCUT2D eigenvalue weighted by atomic mass is 9.81. The fraction of sp³-hybridized carbons (Fsp3) is 0.704. The third kappa shape index (κ3) is 7.58. The topological polar surface area (TPSA) is 114 Å². The Kier molecular flexibility index (Phi) is 9.60. The molecule has 2 aliphatic rings. The number of aromatic nitrogens is 2. The Balaban J connectivity index is 1.60. The van der Waals surface area contributed by atoms with Crippen LogP contribution in [0.2, 0.25) is 25.7 Å². The molecule has 2 aromatic rings. The molecule has 2 saturated heterocycles. The third-order valence-electron chi connectivity index (χ3n) is 8.21. The van der Waals surface area contributed by atoms with Gasteiger partial charge in [0.2, 0.25) is 10.0 Å². The first kappa shape index (κ1) is 31.3. The highest BCUT2D eigenvalue weighted by molar-refractivity contribution is 9.10. The highest BCUT2D eigenvalue weighted by atomic mass is 79.9. The van der Waals surface area contributed by atoms with E-state index in [0.717, 1.165) is 45.7 Å². The predicted octanol–water partition coefficient (Wildman–Crippen LogP) is 5.41. The Morgan fingerprint density at radius 3 is 2.42 bits per heavy atom. The summed E-state index contributed by atoms with van der Waals surface area (Å²) in [6.07, 6.45) is 7.10. The first-order valence-electron chi connectivity index (χ1n) is 14.0. The van der Waals surface area contributed by atoms with Crippen molar-refractivity contribution in [3.05, 3.63) is 22.4 Å². The van der Waals surface area contributed by atoms with Crippen molar-refractivity contribution in [1.82, 2.24) is 18.8 Å². The highest BCUT2D eigenvalue weighted by Crippen LogP contribution is 2.43. The lowest BCUT2D eigenvalue weighted by molar-refractivity contribution is 0.0655. The largest absolute Gasteiger partial charge is 0.492 e. The van der Waals surface area contributed by atoms with Gasteiger partial charge in [0.05, 0.1) is 18.2 Å². The molecule has 1 amide bonds. The van der Waals surface area contributed by atoms with E-state index >= 15 is 0 Å². The van der Waals surface area contributed by atoms with Crippen LogP contribution in [0, 0.1) is 5.41 Å². The van der Waals surface area contributed by atoms with E-state index in [-0.39, 0.29) is 11.3 Å². The number of likely N-dealkylation sites (tertiary alicyclic amines) is 1. The second-order valence-corrected chi connectivity index (χ2v) is 21.3. The van der Waals surface area contributed by atoms with E-state index in [2.05, 4.69) is 42.5 Å². The van der Waals surface area contributed by atoms with Gasteiger partial charge in [0.15, 0.2) is 0 Å². The maximum atomic E-state index is 12.1. The Morgan fingerprint density at radius 2 is 1.85 bits per heavy atom. The van der Waals surface area contributed by atoms with Crippen LogP contribution in [-0.4, -0.2) is 92.1 Å². The maximum absolute atomic E-state index is 12.1. The summed E-state index contributed by atoms with van der Waals surface area (Å²) in [5.41, 5.74) is 1.61. The summed E-state index contributed by atoms with van der Waals surface area (Å²) in [5, 5.41) is 10.3. The quantitative estimate of drug-likeness (QED) is 0.268. The molecule has 0 aromatic carbocycles. The molecule has 13 heteroatoms. The van der Waals surface area contributed by atoms with E-state index in [9.17, 15) is 18.3 Å². The van der Waals surface area contributed by atoms with Crippen LogP contribution >= 0.6 is 15.9 Å². The van der Waals surface area contributed by atoms with Gasteiger partial charge < -0.3 is 24.0 Å². The molecule has 0 bridgehead atoms. The lowest BCUT2D eigenvalue weighted by Crippen LogP contribution is -2.43. The number of fused-ring (bicyclic) bond motifs is 1. The maximum Gasteiger partial charge on any atom is 0.407 e. The monoisotopic (exact) mass is 658 g/mol. The van der Waals surface area contributed by atoms with Crippen LogP contribution in [0.5, 0.6) is 5.75 Å². The number of hydrogen-bond acceptors (Lipinski definition) is 6. The van der Waals surface area contributed by atoms with Crippen LogP contribution in [0.3, 0.4) is 0 Å². The number of carbonyl (C=O) groups is 1. The van der Waals surface area contributed by atoms with E-state index in [1.165, 1.54) is 15.5 Å². The van der Waals surface area contributed by atoms with Crippen LogP contribution in [0.4, 0.5) is 4.79 Å². The van der Waals surface area contributed by atoms with Crippen molar-refractivity contribution >= 4 is 51.2 Å². The summed E-state index contributed by atoms with van der Waals surface area (Å²) in [6.45, 7) is 12.6. The Morgan fingerprint density at radius 1 is 1.20 bits per heavy atom. The van der Waals surface area contributed by atoms with E-state index < -0.39 is 24.2 Å². The second-order valence-electron chi connectivity index (χ2n) is 12.8. The molecular formula is C27H43BrN4O6SSi. The Hall–Kier alpha value is -1.67. The minimum absolute atomic E-state index is 0.120. The van der Waals surface area contributed by atoms with Crippen molar-refractivity contribution in [3.8, 4) is 5.75 Å². The number of sulfonamides is 1. The summed E-state index contributed by atoms with van der Waals surface area (Å²) >= 11 is 3.76. The van der Waals surface area contributed by atoms with Gasteiger partial charge in [-0.2, -0.15) is 0 Å². The number of piperidine rings is 2. The van der Waals surface area contributed by atoms with Gasteiger partial charge in [-0.15, -0.1) is 0 Å². The molecule has 4 heterocycles. The van der Waals surface area contributed by atoms with Gasteiger partial charge in [-0.1, -0.05) is 26.6 Å². The zero-order chi connectivity index (χ0) is 29.3. The number of nitrogens with zero attached hydrogens (tertiary/aromatic N) is 4. The van der Waals surface area contributed by atoms with E-state index in [0.29, 0.717) is 59.0 Å². The molecule has 0 unspecified atom stereocenters. The molecule has 0 saturated carbocycles. The highest BCUT2D eigenvalue weighted by Gasteiger charge is 2.34. The normalized spacial score (nSPS) is 19.3. The van der Waals surface area contributed by atoms with E-state index in [4.69, 9.17) is 14.5 Å². The fourth-order valence-corrected chi connectivity index (χ4v) is 7.64. The molecule has 224 valence electrons. The van der Waals surface area contributed by atoms with E-state index in [1.807, 2.05) is 17.0 Å². The average Bonchev–Trinajstić information content (AvgIpc) is 3.20. The molecule has 0 spiro atoms. The lowest BCUT2D eigenvalue weighted by Gasteiger charge is -2.38. The first-order chi connectivity index (χ1) is 18.7. The average molecular weight is 660 g/mol. The number of amides is 1. The molecule has 0 aliphatic carbocycles. The molecule has 10 nitrogen and oxygen atoms in total. The van der Waals surface area contributed by atoms with Gasteiger partial charge in [0.1, 0.15) is 18.1 Å². The summed E-state index contributed by atoms with van der Waals surface area (Å²) < 4.78 is 41.3. The summed E-state index contributed by atoms with van der Waals surface area (Å²) in [4.78, 5) is 17.7. The van der Waals surface area contributed by atoms with Crippen molar-refractivity contribution in [2.75, 3.05) is 45.6 Å².